The standard InChI is InChI=1S/C23H22ClNO6/c1-25-19-11-13-10-18(29-2)17(26)12-16(13)23(25,31-21(28)20(27)30-19)22(8-3-9-22)14-4-6-15(24)7-5-14/h4-7,10,12,19,26H,3,8-9,11H2,1-2H3. The van der Waals surface area contributed by atoms with Gasteiger partial charge >= 0.3 is 11.9 Å². The molecule has 2 bridgehead atoms. The molecule has 2 unspecified atom stereocenters. The third kappa shape index (κ3) is 2.63. The van der Waals surface area contributed by atoms with Gasteiger partial charge in [-0.2, -0.15) is 0 Å². The van der Waals surface area contributed by atoms with Crippen molar-refractivity contribution in [2.45, 2.75) is 43.1 Å². The highest BCUT2D eigenvalue weighted by Crippen LogP contribution is 2.62. The van der Waals surface area contributed by atoms with E-state index >= 15 is 0 Å². The second-order valence-electron chi connectivity index (χ2n) is 8.33. The fourth-order valence-electron chi connectivity index (χ4n) is 5.39. The Morgan fingerprint density at radius 1 is 1.16 bits per heavy atom. The molecule has 0 amide bonds. The van der Waals surface area contributed by atoms with Crippen LogP contribution in [0.3, 0.4) is 0 Å². The van der Waals surface area contributed by atoms with E-state index in [0.717, 1.165) is 30.4 Å². The van der Waals surface area contributed by atoms with Gasteiger partial charge in [-0.3, -0.25) is 0 Å². The van der Waals surface area contributed by atoms with E-state index in [2.05, 4.69) is 0 Å². The zero-order valence-electron chi connectivity index (χ0n) is 17.2. The highest BCUT2D eigenvalue weighted by Gasteiger charge is 2.67. The third-order valence-electron chi connectivity index (χ3n) is 7.00. The number of hydrogen-bond donors (Lipinski definition) is 1. The van der Waals surface area contributed by atoms with E-state index in [4.69, 9.17) is 25.8 Å². The van der Waals surface area contributed by atoms with Crippen LogP contribution in [0.2, 0.25) is 5.02 Å². The molecule has 2 aromatic carbocycles. The Morgan fingerprint density at radius 2 is 1.87 bits per heavy atom. The lowest BCUT2D eigenvalue weighted by Gasteiger charge is -2.60. The van der Waals surface area contributed by atoms with Gasteiger partial charge in [0.1, 0.15) is 0 Å². The molecule has 5 rings (SSSR count). The molecule has 2 atom stereocenters. The zero-order valence-corrected chi connectivity index (χ0v) is 17.9. The Bertz CT molecular complexity index is 1080. The summed E-state index contributed by atoms with van der Waals surface area (Å²) in [5.41, 5.74) is 0.375. The minimum atomic E-state index is -1.34. The number of nitrogens with zero attached hydrogens (tertiary/aromatic N) is 1. The molecule has 2 aromatic rings. The first-order valence-corrected chi connectivity index (χ1v) is 10.5. The second-order valence-corrected chi connectivity index (χ2v) is 8.77. The van der Waals surface area contributed by atoms with Gasteiger partial charge in [0.15, 0.2) is 17.7 Å². The van der Waals surface area contributed by atoms with Crippen molar-refractivity contribution in [3.05, 3.63) is 58.1 Å². The molecule has 0 aromatic heterocycles. The maximum absolute atomic E-state index is 12.8. The highest BCUT2D eigenvalue weighted by molar-refractivity contribution is 6.30. The number of methoxy groups -OCH3 is 1. The molecular formula is C23H22ClNO6. The lowest BCUT2D eigenvalue weighted by molar-refractivity contribution is -0.238. The topological polar surface area (TPSA) is 85.3 Å². The van der Waals surface area contributed by atoms with Gasteiger partial charge in [-0.1, -0.05) is 30.2 Å². The minimum Gasteiger partial charge on any atom is -0.504 e. The highest BCUT2D eigenvalue weighted by atomic mass is 35.5. The van der Waals surface area contributed by atoms with Crippen LogP contribution in [0.4, 0.5) is 0 Å². The normalized spacial score (nSPS) is 26.7. The van der Waals surface area contributed by atoms with Crippen LogP contribution in [-0.2, 0) is 36.6 Å². The Labute approximate surface area is 184 Å². The van der Waals surface area contributed by atoms with Gasteiger partial charge in [-0.25, -0.2) is 14.5 Å². The van der Waals surface area contributed by atoms with Crippen molar-refractivity contribution in [1.82, 2.24) is 4.90 Å². The molecule has 1 saturated carbocycles. The van der Waals surface area contributed by atoms with Crippen LogP contribution in [0.1, 0.15) is 36.0 Å². The van der Waals surface area contributed by atoms with Crippen LogP contribution < -0.4 is 4.74 Å². The lowest BCUT2D eigenvalue weighted by atomic mass is 9.55. The Morgan fingerprint density at radius 3 is 2.48 bits per heavy atom. The fourth-order valence-corrected chi connectivity index (χ4v) is 5.51. The number of fused-ring (bicyclic) bond motifs is 4. The second kappa shape index (κ2) is 6.87. The van der Waals surface area contributed by atoms with Crippen LogP contribution >= 0.6 is 11.6 Å². The smallest absolute Gasteiger partial charge is 0.419 e. The number of rotatable bonds is 3. The zero-order chi connectivity index (χ0) is 22.0. The number of halogens is 1. The summed E-state index contributed by atoms with van der Waals surface area (Å²) in [6.07, 6.45) is 2.00. The van der Waals surface area contributed by atoms with E-state index in [0.29, 0.717) is 22.8 Å². The van der Waals surface area contributed by atoms with Crippen LogP contribution in [0.25, 0.3) is 0 Å². The van der Waals surface area contributed by atoms with Crippen molar-refractivity contribution in [3.8, 4) is 11.5 Å². The van der Waals surface area contributed by atoms with Gasteiger partial charge in [0.25, 0.3) is 0 Å². The number of hydrogen-bond acceptors (Lipinski definition) is 7. The van der Waals surface area contributed by atoms with E-state index in [1.807, 2.05) is 17.0 Å². The lowest BCUT2D eigenvalue weighted by Crippen LogP contribution is -2.67. The molecule has 3 aliphatic rings. The number of ether oxygens (including phenoxy) is 3. The van der Waals surface area contributed by atoms with Crippen LogP contribution in [0, 0.1) is 0 Å². The summed E-state index contributed by atoms with van der Waals surface area (Å²) in [6.45, 7) is 0. The number of likely N-dealkylation sites (N-methyl/N-ethyl adjacent to an activating group) is 1. The third-order valence-corrected chi connectivity index (χ3v) is 7.25. The van der Waals surface area contributed by atoms with Crippen LogP contribution in [0.15, 0.2) is 36.4 Å². The monoisotopic (exact) mass is 443 g/mol. The maximum atomic E-state index is 12.8. The SMILES string of the molecule is COc1cc2c(cc1O)C1(C3(c4ccc(Cl)cc4)CCC3)OC(=O)C(=O)OC(C2)N1C. The van der Waals surface area contributed by atoms with Crippen LogP contribution in [0.5, 0.6) is 11.5 Å². The Hall–Kier alpha value is -2.77. The number of carbonyl (C=O) groups excluding carboxylic acids is 2. The summed E-state index contributed by atoms with van der Waals surface area (Å²) in [7, 11) is 3.26. The molecule has 0 spiro atoms. The van der Waals surface area contributed by atoms with Gasteiger partial charge < -0.3 is 19.3 Å². The van der Waals surface area contributed by atoms with E-state index < -0.39 is 29.3 Å². The molecule has 1 saturated heterocycles. The van der Waals surface area contributed by atoms with Crippen molar-refractivity contribution in [2.24, 2.45) is 0 Å². The largest absolute Gasteiger partial charge is 0.504 e. The molecule has 1 N–H and O–H groups in total. The summed E-state index contributed by atoms with van der Waals surface area (Å²) >= 11 is 6.14. The van der Waals surface area contributed by atoms with E-state index in [9.17, 15) is 14.7 Å². The first kappa shape index (κ1) is 20.2. The molecule has 162 valence electrons. The molecule has 1 aliphatic carbocycles. The quantitative estimate of drug-likeness (QED) is 0.575. The molecule has 7 nitrogen and oxygen atoms in total. The van der Waals surface area contributed by atoms with Crippen molar-refractivity contribution >= 4 is 23.5 Å². The summed E-state index contributed by atoms with van der Waals surface area (Å²) in [4.78, 5) is 27.0. The number of phenolic OH excluding ortho intramolecular Hbond substituents is 1. The minimum absolute atomic E-state index is 0.0643. The molecule has 8 heteroatoms. The van der Waals surface area contributed by atoms with E-state index in [1.165, 1.54) is 7.11 Å². The number of aromatic hydroxyl groups is 1. The maximum Gasteiger partial charge on any atom is 0.419 e. The fraction of sp³-hybridized carbons (Fsp3) is 0.391. The van der Waals surface area contributed by atoms with Crippen molar-refractivity contribution in [2.75, 3.05) is 14.2 Å². The molecule has 0 radical (unpaired) electrons. The van der Waals surface area contributed by atoms with Gasteiger partial charge in [0.05, 0.1) is 12.5 Å². The average molecular weight is 444 g/mol. The predicted octanol–water partition coefficient (Wildman–Crippen LogP) is 3.24. The summed E-state index contributed by atoms with van der Waals surface area (Å²) < 4.78 is 16.9. The molecule has 2 aliphatic heterocycles. The van der Waals surface area contributed by atoms with Crippen LogP contribution in [-0.4, -0.2) is 42.3 Å². The Kier molecular flexibility index (Phi) is 4.46. The molecular weight excluding hydrogens is 422 g/mol. The first-order valence-electron chi connectivity index (χ1n) is 10.2. The van der Waals surface area contributed by atoms with Crippen molar-refractivity contribution in [3.63, 3.8) is 0 Å². The predicted molar refractivity (Wildman–Crippen MR) is 111 cm³/mol. The van der Waals surface area contributed by atoms with Crippen molar-refractivity contribution in [1.29, 1.82) is 0 Å². The number of benzene rings is 2. The number of esters is 2. The van der Waals surface area contributed by atoms with E-state index in [1.54, 1.807) is 31.3 Å². The number of phenols is 1. The molecule has 2 heterocycles. The molecule has 31 heavy (non-hydrogen) atoms. The van der Waals surface area contributed by atoms with Gasteiger partial charge in [0.2, 0.25) is 5.72 Å². The molecule has 2 fully saturated rings. The Balaban J connectivity index is 1.82. The van der Waals surface area contributed by atoms with Gasteiger partial charge in [-0.15, -0.1) is 0 Å². The first-order chi connectivity index (χ1) is 14.8. The summed E-state index contributed by atoms with van der Waals surface area (Å²) in [6, 6.07) is 10.8. The summed E-state index contributed by atoms with van der Waals surface area (Å²) in [5, 5.41) is 11.2. The van der Waals surface area contributed by atoms with Gasteiger partial charge in [0, 0.05) is 17.0 Å². The summed E-state index contributed by atoms with van der Waals surface area (Å²) in [5.74, 6) is -1.82. The van der Waals surface area contributed by atoms with Gasteiger partial charge in [-0.05, 0) is 55.3 Å². The number of carbonyl (C=O) groups is 2. The van der Waals surface area contributed by atoms with Crippen molar-refractivity contribution < 1.29 is 28.9 Å². The average Bonchev–Trinajstić information content (AvgIpc) is 2.77. The van der Waals surface area contributed by atoms with E-state index in [-0.39, 0.29) is 5.75 Å².